The summed E-state index contributed by atoms with van der Waals surface area (Å²) in [6.45, 7) is 3.98. The third-order valence-corrected chi connectivity index (χ3v) is 5.53. The predicted molar refractivity (Wildman–Crippen MR) is 116 cm³/mol. The van der Waals surface area contributed by atoms with Crippen LogP contribution in [0.2, 0.25) is 0 Å². The molecule has 4 rings (SSSR count). The third-order valence-electron chi connectivity index (χ3n) is 5.15. The van der Waals surface area contributed by atoms with E-state index in [0.29, 0.717) is 16.4 Å². The zero-order valence-electron chi connectivity index (χ0n) is 15.8. The van der Waals surface area contributed by atoms with Gasteiger partial charge in [0.1, 0.15) is 0 Å². The minimum absolute atomic E-state index is 0.339. The van der Waals surface area contributed by atoms with E-state index in [1.807, 2.05) is 92.7 Å². The van der Waals surface area contributed by atoms with E-state index in [1.165, 1.54) is 0 Å². The van der Waals surface area contributed by atoms with Crippen LogP contribution in [0.4, 0.5) is 11.4 Å². The Morgan fingerprint density at radius 1 is 0.786 bits per heavy atom. The Morgan fingerprint density at radius 2 is 1.32 bits per heavy atom. The Hall–Kier alpha value is -2.73. The number of thiocarbonyl (C=S) groups is 1. The van der Waals surface area contributed by atoms with Gasteiger partial charge in [0.2, 0.25) is 5.72 Å². The second-order valence-corrected chi connectivity index (χ2v) is 7.49. The number of hydrogen-bond acceptors (Lipinski definition) is 3. The number of hydrogen-bond donors (Lipinski definition) is 2. The number of nitrogens with zero attached hydrogens (tertiary/aromatic N) is 2. The largest absolute Gasteiger partial charge is 0.368 e. The predicted octanol–water partition coefficient (Wildman–Crippen LogP) is 4.08. The average Bonchev–Trinajstić information content (AvgIpc) is 2.90. The first-order chi connectivity index (χ1) is 13.4. The SMILES string of the molecule is Cc1ccc(N2C(=S)N(c3ccccc3)[C@@](O)(c3ccc(C)cc3)[C@@H]2O)cc1. The lowest BCUT2D eigenvalue weighted by molar-refractivity contribution is -0.0546. The van der Waals surface area contributed by atoms with Gasteiger partial charge in [-0.1, -0.05) is 65.7 Å². The smallest absolute Gasteiger partial charge is 0.217 e. The van der Waals surface area contributed by atoms with Gasteiger partial charge in [0.05, 0.1) is 0 Å². The fourth-order valence-corrected chi connectivity index (χ4v) is 4.02. The highest BCUT2D eigenvalue weighted by atomic mass is 32.1. The maximum Gasteiger partial charge on any atom is 0.217 e. The molecule has 0 bridgehead atoms. The molecule has 1 aliphatic heterocycles. The molecule has 142 valence electrons. The van der Waals surface area contributed by atoms with Crippen LogP contribution in [0.25, 0.3) is 0 Å². The summed E-state index contributed by atoms with van der Waals surface area (Å²) in [6.07, 6.45) is -1.27. The number of aliphatic hydroxyl groups is 2. The first-order valence-corrected chi connectivity index (χ1v) is 9.56. The molecule has 0 aromatic heterocycles. The van der Waals surface area contributed by atoms with Gasteiger partial charge in [0.15, 0.2) is 11.3 Å². The van der Waals surface area contributed by atoms with E-state index < -0.39 is 12.0 Å². The van der Waals surface area contributed by atoms with Gasteiger partial charge in [-0.05, 0) is 50.3 Å². The van der Waals surface area contributed by atoms with Crippen molar-refractivity contribution in [2.24, 2.45) is 0 Å². The van der Waals surface area contributed by atoms with Crippen LogP contribution in [-0.2, 0) is 5.72 Å². The van der Waals surface area contributed by atoms with Gasteiger partial charge in [0.25, 0.3) is 0 Å². The number of rotatable bonds is 3. The molecule has 28 heavy (non-hydrogen) atoms. The Morgan fingerprint density at radius 3 is 1.89 bits per heavy atom. The first kappa shape index (κ1) is 18.6. The Kier molecular flexibility index (Phi) is 4.67. The summed E-state index contributed by atoms with van der Waals surface area (Å²) in [6, 6.07) is 24.6. The number of para-hydroxylation sites is 1. The van der Waals surface area contributed by atoms with Crippen molar-refractivity contribution < 1.29 is 10.2 Å². The van der Waals surface area contributed by atoms with E-state index in [9.17, 15) is 10.2 Å². The minimum atomic E-state index is -1.73. The molecule has 4 nitrogen and oxygen atoms in total. The maximum atomic E-state index is 11.8. The molecule has 0 saturated carbocycles. The van der Waals surface area contributed by atoms with Crippen molar-refractivity contribution in [1.82, 2.24) is 0 Å². The number of anilines is 2. The summed E-state index contributed by atoms with van der Waals surface area (Å²) in [5, 5.41) is 23.5. The minimum Gasteiger partial charge on any atom is -0.368 e. The maximum absolute atomic E-state index is 11.8. The average molecular weight is 391 g/mol. The molecule has 1 heterocycles. The van der Waals surface area contributed by atoms with Crippen LogP contribution < -0.4 is 9.80 Å². The number of aryl methyl sites for hydroxylation is 2. The van der Waals surface area contributed by atoms with Crippen molar-refractivity contribution in [1.29, 1.82) is 0 Å². The van der Waals surface area contributed by atoms with Crippen LogP contribution in [0.5, 0.6) is 0 Å². The molecule has 3 aromatic rings. The summed E-state index contributed by atoms with van der Waals surface area (Å²) in [7, 11) is 0. The highest BCUT2D eigenvalue weighted by Crippen LogP contribution is 2.43. The fraction of sp³-hybridized carbons (Fsp3) is 0.174. The molecule has 0 radical (unpaired) electrons. The van der Waals surface area contributed by atoms with Gasteiger partial charge in [-0.15, -0.1) is 0 Å². The fourth-order valence-electron chi connectivity index (χ4n) is 3.57. The highest BCUT2D eigenvalue weighted by Gasteiger charge is 2.56. The summed E-state index contributed by atoms with van der Waals surface area (Å²) >= 11 is 5.74. The molecule has 1 aliphatic rings. The molecular formula is C23H22N2O2S. The van der Waals surface area contributed by atoms with Crippen LogP contribution in [0.15, 0.2) is 78.9 Å². The van der Waals surface area contributed by atoms with Crippen LogP contribution >= 0.6 is 12.2 Å². The second-order valence-electron chi connectivity index (χ2n) is 7.12. The van der Waals surface area contributed by atoms with Crippen LogP contribution in [0.1, 0.15) is 16.7 Å². The van der Waals surface area contributed by atoms with Crippen molar-refractivity contribution >= 4 is 28.7 Å². The van der Waals surface area contributed by atoms with E-state index in [4.69, 9.17) is 12.2 Å². The molecule has 1 saturated heterocycles. The highest BCUT2D eigenvalue weighted by molar-refractivity contribution is 7.80. The van der Waals surface area contributed by atoms with Gasteiger partial charge in [0, 0.05) is 16.9 Å². The molecule has 5 heteroatoms. The monoisotopic (exact) mass is 390 g/mol. The number of aliphatic hydroxyl groups excluding tert-OH is 1. The third kappa shape index (κ3) is 2.88. The van der Waals surface area contributed by atoms with Crippen molar-refractivity contribution in [3.05, 3.63) is 95.6 Å². The quantitative estimate of drug-likeness (QED) is 0.660. The second kappa shape index (κ2) is 7.02. The van der Waals surface area contributed by atoms with Gasteiger partial charge in [-0.25, -0.2) is 0 Å². The molecule has 0 aliphatic carbocycles. The zero-order chi connectivity index (χ0) is 19.9. The van der Waals surface area contributed by atoms with Gasteiger partial charge >= 0.3 is 0 Å². The van der Waals surface area contributed by atoms with E-state index in [-0.39, 0.29) is 0 Å². The molecule has 2 atom stereocenters. The summed E-state index contributed by atoms with van der Waals surface area (Å²) in [4.78, 5) is 3.22. The van der Waals surface area contributed by atoms with E-state index in [2.05, 4.69) is 0 Å². The van der Waals surface area contributed by atoms with E-state index in [0.717, 1.165) is 16.8 Å². The van der Waals surface area contributed by atoms with Crippen LogP contribution in [0.3, 0.4) is 0 Å². The lowest BCUT2D eigenvalue weighted by Crippen LogP contribution is -2.49. The molecule has 1 fully saturated rings. The molecule has 2 N–H and O–H groups in total. The topological polar surface area (TPSA) is 46.9 Å². The van der Waals surface area contributed by atoms with Crippen molar-refractivity contribution in [3.8, 4) is 0 Å². The first-order valence-electron chi connectivity index (χ1n) is 9.15. The summed E-state index contributed by atoms with van der Waals surface area (Å²) in [5.41, 5.74) is 2.47. The molecule has 0 amide bonds. The van der Waals surface area contributed by atoms with Crippen molar-refractivity contribution in [2.45, 2.75) is 25.8 Å². The molecular weight excluding hydrogens is 368 g/mol. The van der Waals surface area contributed by atoms with Crippen molar-refractivity contribution in [3.63, 3.8) is 0 Å². The van der Waals surface area contributed by atoms with Crippen LogP contribution in [-0.4, -0.2) is 21.6 Å². The van der Waals surface area contributed by atoms with E-state index in [1.54, 1.807) is 9.80 Å². The Balaban J connectivity index is 1.89. The number of benzene rings is 3. The Bertz CT molecular complexity index is 989. The standard InChI is InChI=1S/C23H22N2O2S/c1-16-8-12-18(13-9-16)23(27)21(26)24(19-14-10-17(2)11-15-19)22(28)25(23)20-6-4-3-5-7-20/h3-15,21,26-27H,1-2H3/t21-,23+/m0/s1. The summed E-state index contributed by atoms with van der Waals surface area (Å²) < 4.78 is 0. The zero-order valence-corrected chi connectivity index (χ0v) is 16.6. The molecule has 3 aromatic carbocycles. The van der Waals surface area contributed by atoms with Crippen LogP contribution in [0, 0.1) is 13.8 Å². The molecule has 0 unspecified atom stereocenters. The molecule has 0 spiro atoms. The Labute approximate surface area is 170 Å². The van der Waals surface area contributed by atoms with E-state index >= 15 is 0 Å². The lowest BCUT2D eigenvalue weighted by atomic mass is 9.98. The van der Waals surface area contributed by atoms with Gasteiger partial charge in [-0.2, -0.15) is 0 Å². The van der Waals surface area contributed by atoms with Crippen molar-refractivity contribution in [2.75, 3.05) is 9.80 Å². The van der Waals surface area contributed by atoms with Gasteiger partial charge in [-0.3, -0.25) is 9.80 Å². The lowest BCUT2D eigenvalue weighted by Gasteiger charge is -2.35. The van der Waals surface area contributed by atoms with Gasteiger partial charge < -0.3 is 10.2 Å². The summed E-state index contributed by atoms with van der Waals surface area (Å²) in [5.74, 6) is 0. The normalized spacial score (nSPS) is 22.0.